The lowest BCUT2D eigenvalue weighted by atomic mass is 9.89. The van der Waals surface area contributed by atoms with Gasteiger partial charge in [-0.25, -0.2) is 8.42 Å². The summed E-state index contributed by atoms with van der Waals surface area (Å²) in [5.41, 5.74) is 0.733. The first kappa shape index (κ1) is 51.5. The zero-order valence-corrected chi connectivity index (χ0v) is 38.4. The second kappa shape index (κ2) is 24.6. The number of hydrogen-bond donors (Lipinski definition) is 4. The fourth-order valence-corrected chi connectivity index (χ4v) is 9.24. The van der Waals surface area contributed by atoms with Crippen LogP contribution in [-0.2, 0) is 49.9 Å². The monoisotopic (exact) mass is 851 g/mol. The maximum atomic E-state index is 14.3. The molecule has 336 valence electrons. The van der Waals surface area contributed by atoms with Gasteiger partial charge in [-0.2, -0.15) is 0 Å². The largest absolute Gasteiger partial charge is 0.379 e. The molecule has 1 aliphatic heterocycles. The molecule has 9 atom stereocenters. The number of amides is 5. The van der Waals surface area contributed by atoms with Gasteiger partial charge in [0.15, 0.2) is 0 Å². The second-order valence-corrected chi connectivity index (χ2v) is 18.6. The molecule has 0 saturated carbocycles. The molecular weight excluding hydrogens is 777 g/mol. The van der Waals surface area contributed by atoms with Crippen molar-refractivity contribution in [2.75, 3.05) is 40.6 Å². The molecule has 16 heteroatoms. The first-order valence-corrected chi connectivity index (χ1v) is 22.9. The summed E-state index contributed by atoms with van der Waals surface area (Å²) in [6.07, 6.45) is 1.52. The van der Waals surface area contributed by atoms with Gasteiger partial charge < -0.3 is 35.2 Å². The maximum Gasteiger partial charge on any atom is 0.256 e. The van der Waals surface area contributed by atoms with Crippen molar-refractivity contribution in [2.45, 2.75) is 143 Å². The molecule has 1 aromatic rings. The van der Waals surface area contributed by atoms with Crippen molar-refractivity contribution < 1.29 is 41.9 Å². The standard InChI is InChI=1S/C43H74N6O9S/c1-13-15-24-59(55,56)47-41(52)32(25-31-20-17-16-18-21-31)45-40(51)30(8)39(58-12)33-22-19-23-49(33)35(50)26-34(57-11)38(29(7)14-2)48(10)43(54)37(28(5)6)46-42(53)36(44-9)27(3)4/h16-18,20-21,27-30,32-34,36-39,44H,13-15,19,22-26H2,1-12H3,(H,45,51)(H,46,53)(H,47,52)/t29-,30+,32-,33-,34+,36?,37-,38-,39+/m0/s1. The number of likely N-dealkylation sites (tertiary alicyclic amines) is 1. The number of likely N-dealkylation sites (N-methyl/N-ethyl adjacent to an activating group) is 2. The molecule has 5 amide bonds. The first-order valence-electron chi connectivity index (χ1n) is 21.3. The van der Waals surface area contributed by atoms with E-state index in [0.717, 1.165) is 5.56 Å². The normalized spacial score (nSPS) is 18.6. The van der Waals surface area contributed by atoms with Gasteiger partial charge in [0, 0.05) is 34.2 Å². The fraction of sp³-hybridized carbons (Fsp3) is 0.744. The van der Waals surface area contributed by atoms with Crippen LogP contribution in [0.1, 0.15) is 99.5 Å². The highest BCUT2D eigenvalue weighted by molar-refractivity contribution is 7.90. The molecule has 59 heavy (non-hydrogen) atoms. The van der Waals surface area contributed by atoms with Crippen molar-refractivity contribution in [1.82, 2.24) is 30.5 Å². The van der Waals surface area contributed by atoms with Crippen molar-refractivity contribution in [3.8, 4) is 0 Å². The Morgan fingerprint density at radius 3 is 2.03 bits per heavy atom. The van der Waals surface area contributed by atoms with Gasteiger partial charge in [0.1, 0.15) is 12.1 Å². The Hall–Kier alpha value is -3.60. The third-order valence-corrected chi connectivity index (χ3v) is 13.0. The van der Waals surface area contributed by atoms with Crippen molar-refractivity contribution in [1.29, 1.82) is 0 Å². The lowest BCUT2D eigenvalue weighted by Gasteiger charge is -2.41. The number of nitrogens with one attached hydrogen (secondary N) is 4. The Labute approximate surface area is 353 Å². The van der Waals surface area contributed by atoms with Crippen LogP contribution in [0, 0.1) is 23.7 Å². The molecule has 0 spiro atoms. The highest BCUT2D eigenvalue weighted by atomic mass is 32.2. The molecule has 1 unspecified atom stereocenters. The molecule has 4 N–H and O–H groups in total. The van der Waals surface area contributed by atoms with Gasteiger partial charge in [0.2, 0.25) is 33.7 Å². The highest BCUT2D eigenvalue weighted by Gasteiger charge is 2.43. The van der Waals surface area contributed by atoms with Gasteiger partial charge in [-0.15, -0.1) is 0 Å². The molecule has 0 aromatic heterocycles. The zero-order chi connectivity index (χ0) is 44.6. The van der Waals surface area contributed by atoms with Crippen LogP contribution in [0.4, 0.5) is 0 Å². The van der Waals surface area contributed by atoms with Crippen LogP contribution in [0.3, 0.4) is 0 Å². The van der Waals surface area contributed by atoms with Gasteiger partial charge in [0.25, 0.3) is 5.91 Å². The first-order chi connectivity index (χ1) is 27.8. The second-order valence-electron chi connectivity index (χ2n) is 16.7. The predicted octanol–water partition coefficient (Wildman–Crippen LogP) is 3.27. The number of carbonyl (C=O) groups excluding carboxylic acids is 5. The minimum Gasteiger partial charge on any atom is -0.379 e. The van der Waals surface area contributed by atoms with Crippen molar-refractivity contribution in [2.24, 2.45) is 23.7 Å². The topological polar surface area (TPSA) is 193 Å². The Morgan fingerprint density at radius 1 is 0.881 bits per heavy atom. The van der Waals surface area contributed by atoms with E-state index in [2.05, 4.69) is 20.7 Å². The molecule has 2 rings (SSSR count). The average Bonchev–Trinajstić information content (AvgIpc) is 3.68. The van der Waals surface area contributed by atoms with Crippen molar-refractivity contribution >= 4 is 39.6 Å². The van der Waals surface area contributed by atoms with Crippen LogP contribution in [0.15, 0.2) is 30.3 Å². The number of carbonyl (C=O) groups is 5. The number of benzene rings is 1. The third-order valence-electron chi connectivity index (χ3n) is 11.7. The molecule has 15 nitrogen and oxygen atoms in total. The fourth-order valence-electron chi connectivity index (χ4n) is 8.02. The summed E-state index contributed by atoms with van der Waals surface area (Å²) in [4.78, 5) is 72.4. The van der Waals surface area contributed by atoms with E-state index in [1.807, 2.05) is 54.5 Å². The maximum absolute atomic E-state index is 14.3. The van der Waals surface area contributed by atoms with Gasteiger partial charge in [-0.3, -0.25) is 28.7 Å². The summed E-state index contributed by atoms with van der Waals surface area (Å²) in [6.45, 7) is 15.6. The molecule has 0 aliphatic carbocycles. The molecule has 1 heterocycles. The molecular formula is C43H74N6O9S. The Bertz CT molecular complexity index is 1610. The van der Waals surface area contributed by atoms with Crippen molar-refractivity contribution in [3.63, 3.8) is 0 Å². The van der Waals surface area contributed by atoms with Crippen LogP contribution < -0.4 is 20.7 Å². The summed E-state index contributed by atoms with van der Waals surface area (Å²) < 4.78 is 39.4. The molecule has 0 radical (unpaired) electrons. The van der Waals surface area contributed by atoms with E-state index < -0.39 is 70.2 Å². The van der Waals surface area contributed by atoms with Crippen LogP contribution in [0.2, 0.25) is 0 Å². The minimum atomic E-state index is -3.91. The van der Waals surface area contributed by atoms with Crippen molar-refractivity contribution in [3.05, 3.63) is 35.9 Å². The Balaban J connectivity index is 2.32. The number of ether oxygens (including phenoxy) is 2. The summed E-state index contributed by atoms with van der Waals surface area (Å²) in [5.74, 6) is -3.43. The lowest BCUT2D eigenvalue weighted by Crippen LogP contribution is -2.59. The number of nitrogens with zero attached hydrogens (tertiary/aromatic N) is 2. The predicted molar refractivity (Wildman–Crippen MR) is 229 cm³/mol. The Kier molecular flexibility index (Phi) is 21.5. The minimum absolute atomic E-state index is 0.00572. The Morgan fingerprint density at radius 2 is 1.51 bits per heavy atom. The van der Waals surface area contributed by atoms with Crippen LogP contribution in [0.25, 0.3) is 0 Å². The number of rotatable bonds is 25. The van der Waals surface area contributed by atoms with E-state index in [1.165, 1.54) is 14.2 Å². The van der Waals surface area contributed by atoms with E-state index in [0.29, 0.717) is 38.6 Å². The number of hydrogen-bond acceptors (Lipinski definition) is 10. The van der Waals surface area contributed by atoms with Crippen LogP contribution in [0.5, 0.6) is 0 Å². The highest BCUT2D eigenvalue weighted by Crippen LogP contribution is 2.30. The SMILES string of the molecule is CCCCS(=O)(=O)NC(=O)[C@H](Cc1ccccc1)NC(=O)[C@H](C)[C@@H](OC)[C@@H]1CCCN1C(=O)C[C@@H](OC)[C@H]([C@@H](C)CC)N(C)C(=O)[C@@H](NC(=O)C(NC)C(C)C)C(C)C. The number of sulfonamides is 1. The van der Waals surface area contributed by atoms with Gasteiger partial charge in [-0.1, -0.05) is 98.6 Å². The lowest BCUT2D eigenvalue weighted by molar-refractivity contribution is -0.148. The zero-order valence-electron chi connectivity index (χ0n) is 37.6. The van der Waals surface area contributed by atoms with Crippen LogP contribution >= 0.6 is 0 Å². The van der Waals surface area contributed by atoms with E-state index in [-0.39, 0.29) is 54.1 Å². The van der Waals surface area contributed by atoms with Gasteiger partial charge in [0.05, 0.1) is 48.4 Å². The number of methoxy groups -OCH3 is 2. The number of unbranched alkanes of at least 4 members (excludes halogenated alkanes) is 1. The van der Waals surface area contributed by atoms with E-state index in [9.17, 15) is 32.4 Å². The van der Waals surface area contributed by atoms with Gasteiger partial charge >= 0.3 is 0 Å². The molecule has 0 bridgehead atoms. The third kappa shape index (κ3) is 14.8. The van der Waals surface area contributed by atoms with Crippen LogP contribution in [-0.4, -0.2) is 131 Å². The summed E-state index contributed by atoms with van der Waals surface area (Å²) in [7, 11) is 2.50. The summed E-state index contributed by atoms with van der Waals surface area (Å²) in [6, 6.07) is 5.55. The quantitative estimate of drug-likeness (QED) is 0.114. The summed E-state index contributed by atoms with van der Waals surface area (Å²) >= 11 is 0. The molecule has 1 fully saturated rings. The summed E-state index contributed by atoms with van der Waals surface area (Å²) in [5, 5.41) is 8.79. The van der Waals surface area contributed by atoms with E-state index in [1.54, 1.807) is 55.1 Å². The molecule has 1 saturated heterocycles. The average molecular weight is 851 g/mol. The van der Waals surface area contributed by atoms with E-state index >= 15 is 0 Å². The molecule has 1 aromatic carbocycles. The van der Waals surface area contributed by atoms with Gasteiger partial charge in [-0.05, 0) is 49.6 Å². The molecule has 1 aliphatic rings. The van der Waals surface area contributed by atoms with E-state index in [4.69, 9.17) is 9.47 Å². The smallest absolute Gasteiger partial charge is 0.256 e.